The average Bonchev–Trinajstić information content (AvgIpc) is 2.97. The van der Waals surface area contributed by atoms with E-state index in [9.17, 15) is 4.79 Å². The summed E-state index contributed by atoms with van der Waals surface area (Å²) in [5, 5.41) is 22.1. The van der Waals surface area contributed by atoms with E-state index in [1.165, 1.54) is 4.90 Å². The number of nitrogens with zero attached hydrogens (tertiary/aromatic N) is 3. The van der Waals surface area contributed by atoms with Crippen LogP contribution in [0.5, 0.6) is 0 Å². The first-order valence-corrected chi connectivity index (χ1v) is 6.38. The summed E-state index contributed by atoms with van der Waals surface area (Å²) in [5.74, 6) is -0.303. The molecule has 20 heavy (non-hydrogen) atoms. The van der Waals surface area contributed by atoms with Crippen LogP contribution in [0.1, 0.15) is 10.5 Å². The summed E-state index contributed by atoms with van der Waals surface area (Å²) in [5.41, 5.74) is 1.15. The highest BCUT2D eigenvalue weighted by atomic mass is 16.3. The molecule has 0 aliphatic heterocycles. The highest BCUT2D eigenvalue weighted by Gasteiger charge is 2.17. The second-order valence-corrected chi connectivity index (χ2v) is 4.22. The Bertz CT molecular complexity index is 548. The van der Waals surface area contributed by atoms with Crippen LogP contribution in [0.3, 0.4) is 0 Å². The number of hydrogen-bond donors (Lipinski definition) is 2. The topological polar surface area (TPSA) is 78.6 Å². The van der Waals surface area contributed by atoms with E-state index >= 15 is 0 Å². The molecule has 0 saturated heterocycles. The molecule has 2 N–H and O–H groups in total. The number of benzene rings is 1. The van der Waals surface area contributed by atoms with E-state index in [1.807, 2.05) is 30.3 Å². The molecule has 2 aromatic rings. The Morgan fingerprint density at radius 2 is 1.75 bits per heavy atom. The lowest BCUT2D eigenvalue weighted by atomic mass is 10.3. The smallest absolute Gasteiger partial charge is 0.274 e. The summed E-state index contributed by atoms with van der Waals surface area (Å²) < 4.78 is 1.61. The first kappa shape index (κ1) is 14.2. The maximum absolute atomic E-state index is 12.2. The molecule has 6 nitrogen and oxygen atoms in total. The molecule has 1 amide bonds. The highest BCUT2D eigenvalue weighted by Crippen LogP contribution is 2.08. The third-order valence-corrected chi connectivity index (χ3v) is 2.86. The van der Waals surface area contributed by atoms with Crippen LogP contribution in [-0.4, -0.2) is 57.1 Å². The fraction of sp³-hybridized carbons (Fsp3) is 0.286. The van der Waals surface area contributed by atoms with Gasteiger partial charge in [-0.1, -0.05) is 18.2 Å². The van der Waals surface area contributed by atoms with Crippen LogP contribution in [0, 0.1) is 0 Å². The van der Waals surface area contributed by atoms with Gasteiger partial charge in [-0.2, -0.15) is 5.10 Å². The summed E-state index contributed by atoms with van der Waals surface area (Å²) in [4.78, 5) is 13.6. The van der Waals surface area contributed by atoms with E-state index in [2.05, 4.69) is 5.10 Å². The summed E-state index contributed by atoms with van der Waals surface area (Å²) in [6.45, 7) is 0.0610. The van der Waals surface area contributed by atoms with Crippen LogP contribution < -0.4 is 0 Å². The van der Waals surface area contributed by atoms with E-state index in [0.717, 1.165) is 5.69 Å². The highest BCUT2D eigenvalue weighted by molar-refractivity contribution is 5.92. The van der Waals surface area contributed by atoms with Gasteiger partial charge in [-0.15, -0.1) is 0 Å². The van der Waals surface area contributed by atoms with Crippen molar-refractivity contribution in [1.82, 2.24) is 14.7 Å². The quantitative estimate of drug-likeness (QED) is 0.794. The van der Waals surface area contributed by atoms with Crippen LogP contribution >= 0.6 is 0 Å². The lowest BCUT2D eigenvalue weighted by Crippen LogP contribution is -2.36. The van der Waals surface area contributed by atoms with Gasteiger partial charge in [0, 0.05) is 19.3 Å². The SMILES string of the molecule is O=C(c1ccn(-c2ccccc2)n1)N(CCO)CCO. The van der Waals surface area contributed by atoms with E-state index in [-0.39, 0.29) is 37.9 Å². The Morgan fingerprint density at radius 3 is 2.35 bits per heavy atom. The minimum atomic E-state index is -0.303. The van der Waals surface area contributed by atoms with Gasteiger partial charge in [0.2, 0.25) is 0 Å². The zero-order valence-electron chi connectivity index (χ0n) is 11.0. The molecule has 1 heterocycles. The Morgan fingerprint density at radius 1 is 1.10 bits per heavy atom. The predicted molar refractivity (Wildman–Crippen MR) is 73.6 cm³/mol. The molecule has 0 fully saturated rings. The molecule has 0 aliphatic carbocycles. The molecule has 106 valence electrons. The van der Waals surface area contributed by atoms with Gasteiger partial charge >= 0.3 is 0 Å². The second-order valence-electron chi connectivity index (χ2n) is 4.22. The molecule has 0 radical (unpaired) electrons. The molecule has 0 saturated carbocycles. The lowest BCUT2D eigenvalue weighted by Gasteiger charge is -2.19. The van der Waals surface area contributed by atoms with Crippen molar-refractivity contribution in [3.8, 4) is 5.69 Å². The Labute approximate surface area is 116 Å². The number of carbonyl (C=O) groups excluding carboxylic acids is 1. The van der Waals surface area contributed by atoms with Crippen molar-refractivity contribution in [2.45, 2.75) is 0 Å². The molecule has 6 heteroatoms. The number of amides is 1. The summed E-state index contributed by atoms with van der Waals surface area (Å²) in [6.07, 6.45) is 1.71. The number of rotatable bonds is 6. The molecule has 0 unspecified atom stereocenters. The molecule has 0 atom stereocenters. The Hall–Kier alpha value is -2.18. The van der Waals surface area contributed by atoms with Crippen LogP contribution in [-0.2, 0) is 0 Å². The van der Waals surface area contributed by atoms with Gasteiger partial charge in [-0.25, -0.2) is 4.68 Å². The van der Waals surface area contributed by atoms with Crippen LogP contribution in [0.15, 0.2) is 42.6 Å². The third kappa shape index (κ3) is 3.23. The standard InChI is InChI=1S/C14H17N3O3/c18-10-8-16(9-11-19)14(20)13-6-7-17(15-13)12-4-2-1-3-5-12/h1-7,18-19H,8-11H2. The molecule has 1 aromatic carbocycles. The Kier molecular flexibility index (Phi) is 4.86. The molecule has 1 aromatic heterocycles. The van der Waals surface area contributed by atoms with Crippen LogP contribution in [0.25, 0.3) is 5.69 Å². The first-order chi connectivity index (χ1) is 9.76. The summed E-state index contributed by atoms with van der Waals surface area (Å²) in [6, 6.07) is 11.1. The minimum absolute atomic E-state index is 0.148. The van der Waals surface area contributed by atoms with Gasteiger partial charge in [0.1, 0.15) is 0 Å². The van der Waals surface area contributed by atoms with E-state index in [4.69, 9.17) is 10.2 Å². The van der Waals surface area contributed by atoms with Gasteiger partial charge in [0.05, 0.1) is 18.9 Å². The number of aliphatic hydroxyl groups excluding tert-OH is 2. The monoisotopic (exact) mass is 275 g/mol. The second kappa shape index (κ2) is 6.83. The number of aromatic nitrogens is 2. The predicted octanol–water partition coefficient (Wildman–Crippen LogP) is 0.299. The molecule has 0 bridgehead atoms. The van der Waals surface area contributed by atoms with Crippen molar-refractivity contribution >= 4 is 5.91 Å². The van der Waals surface area contributed by atoms with Gasteiger partial charge < -0.3 is 15.1 Å². The molecule has 0 aliphatic rings. The van der Waals surface area contributed by atoms with Crippen molar-refractivity contribution in [3.05, 3.63) is 48.3 Å². The third-order valence-electron chi connectivity index (χ3n) is 2.86. The lowest BCUT2D eigenvalue weighted by molar-refractivity contribution is 0.0678. The Balaban J connectivity index is 2.17. The normalized spacial score (nSPS) is 10.5. The van der Waals surface area contributed by atoms with Gasteiger partial charge in [-0.05, 0) is 18.2 Å². The maximum atomic E-state index is 12.2. The zero-order valence-corrected chi connectivity index (χ0v) is 11.0. The van der Waals surface area contributed by atoms with E-state index < -0.39 is 0 Å². The number of hydrogen-bond acceptors (Lipinski definition) is 4. The zero-order chi connectivity index (χ0) is 14.4. The van der Waals surface area contributed by atoms with Crippen molar-refractivity contribution < 1.29 is 15.0 Å². The fourth-order valence-corrected chi connectivity index (χ4v) is 1.88. The van der Waals surface area contributed by atoms with Crippen molar-refractivity contribution in [2.24, 2.45) is 0 Å². The van der Waals surface area contributed by atoms with Crippen LogP contribution in [0.4, 0.5) is 0 Å². The number of aliphatic hydroxyl groups is 2. The number of para-hydroxylation sites is 1. The summed E-state index contributed by atoms with van der Waals surface area (Å²) in [7, 11) is 0. The number of carbonyl (C=O) groups is 1. The first-order valence-electron chi connectivity index (χ1n) is 6.38. The molecule has 0 spiro atoms. The molecule has 2 rings (SSSR count). The molecular formula is C14H17N3O3. The van der Waals surface area contributed by atoms with E-state index in [1.54, 1.807) is 16.9 Å². The minimum Gasteiger partial charge on any atom is -0.395 e. The van der Waals surface area contributed by atoms with Crippen molar-refractivity contribution in [1.29, 1.82) is 0 Å². The van der Waals surface area contributed by atoms with Gasteiger partial charge in [-0.3, -0.25) is 4.79 Å². The van der Waals surface area contributed by atoms with Gasteiger partial charge in [0.15, 0.2) is 5.69 Å². The fourth-order valence-electron chi connectivity index (χ4n) is 1.88. The summed E-state index contributed by atoms with van der Waals surface area (Å²) >= 11 is 0. The van der Waals surface area contributed by atoms with Crippen LogP contribution in [0.2, 0.25) is 0 Å². The van der Waals surface area contributed by atoms with E-state index in [0.29, 0.717) is 0 Å². The largest absolute Gasteiger partial charge is 0.395 e. The molecular weight excluding hydrogens is 258 g/mol. The maximum Gasteiger partial charge on any atom is 0.274 e. The average molecular weight is 275 g/mol. The van der Waals surface area contributed by atoms with Crippen molar-refractivity contribution in [3.63, 3.8) is 0 Å². The van der Waals surface area contributed by atoms with Gasteiger partial charge in [0.25, 0.3) is 5.91 Å². The van der Waals surface area contributed by atoms with Crippen molar-refractivity contribution in [2.75, 3.05) is 26.3 Å².